The van der Waals surface area contributed by atoms with Crippen LogP contribution in [0, 0.1) is 0 Å². The number of nitrogen functional groups attached to an aromatic ring is 1. The number of para-hydroxylation sites is 1. The number of nitrogens with two attached hydrogens (primary N) is 1. The van der Waals surface area contributed by atoms with Crippen LogP contribution in [0.2, 0.25) is 0 Å². The smallest absolute Gasteiger partial charge is 0.265 e. The van der Waals surface area contributed by atoms with Gasteiger partial charge in [0.2, 0.25) is 0 Å². The van der Waals surface area contributed by atoms with Crippen molar-refractivity contribution in [1.29, 1.82) is 0 Å². The Hall–Kier alpha value is -2.19. The van der Waals surface area contributed by atoms with Gasteiger partial charge in [-0.15, -0.1) is 0 Å². The summed E-state index contributed by atoms with van der Waals surface area (Å²) in [6.45, 7) is 0. The van der Waals surface area contributed by atoms with Gasteiger partial charge in [0, 0.05) is 6.20 Å². The maximum absolute atomic E-state index is 12.2. The Balaban J connectivity index is 1.94. The summed E-state index contributed by atoms with van der Waals surface area (Å²) in [4.78, 5) is 8.04. The highest BCUT2D eigenvalue weighted by atomic mass is 32.2. The molecule has 0 aliphatic carbocycles. The highest BCUT2D eigenvalue weighted by molar-refractivity contribution is 7.93. The Bertz CT molecular complexity index is 824. The monoisotopic (exact) mass is 306 g/mol. The number of anilines is 2. The molecule has 8 heteroatoms. The Labute approximate surface area is 119 Å². The quantitative estimate of drug-likeness (QED) is 0.772. The highest BCUT2D eigenvalue weighted by Crippen LogP contribution is 2.27. The predicted octanol–water partition coefficient (Wildman–Crippen LogP) is 2.07. The molecule has 6 nitrogen and oxygen atoms in total. The molecule has 2 aromatic heterocycles. The van der Waals surface area contributed by atoms with E-state index in [0.717, 1.165) is 10.2 Å². The molecule has 0 fully saturated rings. The lowest BCUT2D eigenvalue weighted by Crippen LogP contribution is -2.13. The fraction of sp³-hybridized carbons (Fsp3) is 0. The number of aromatic nitrogens is 2. The van der Waals surface area contributed by atoms with Crippen LogP contribution in [0.5, 0.6) is 0 Å². The van der Waals surface area contributed by atoms with Crippen molar-refractivity contribution in [2.24, 2.45) is 0 Å². The van der Waals surface area contributed by atoms with E-state index >= 15 is 0 Å². The van der Waals surface area contributed by atoms with Gasteiger partial charge in [-0.2, -0.15) is 0 Å². The minimum Gasteiger partial charge on any atom is -0.384 e. The molecule has 0 atom stereocenters. The first-order valence-electron chi connectivity index (χ1n) is 5.64. The van der Waals surface area contributed by atoms with Gasteiger partial charge < -0.3 is 5.73 Å². The normalized spacial score (nSPS) is 11.6. The van der Waals surface area contributed by atoms with Crippen molar-refractivity contribution >= 4 is 42.5 Å². The number of pyridine rings is 1. The number of hydrogen-bond donors (Lipinski definition) is 2. The van der Waals surface area contributed by atoms with Gasteiger partial charge in [0.25, 0.3) is 10.0 Å². The minimum atomic E-state index is -3.70. The summed E-state index contributed by atoms with van der Waals surface area (Å²) in [5, 5.41) is 0.322. The summed E-state index contributed by atoms with van der Waals surface area (Å²) in [6, 6.07) is 10.3. The number of nitrogens with one attached hydrogen (secondary N) is 1. The topological polar surface area (TPSA) is 98.0 Å². The molecule has 0 unspecified atom stereocenters. The maximum Gasteiger partial charge on any atom is 0.265 e. The third kappa shape index (κ3) is 2.43. The Morgan fingerprint density at radius 1 is 1.15 bits per heavy atom. The molecular formula is C12H10N4O2S2. The third-order valence-electron chi connectivity index (χ3n) is 2.59. The van der Waals surface area contributed by atoms with E-state index in [1.165, 1.54) is 29.7 Å². The lowest BCUT2D eigenvalue weighted by Gasteiger charge is -2.04. The average Bonchev–Trinajstić information content (AvgIpc) is 2.80. The molecule has 3 rings (SSSR count). The average molecular weight is 306 g/mol. The van der Waals surface area contributed by atoms with E-state index in [1.807, 2.05) is 24.3 Å². The molecule has 0 spiro atoms. The van der Waals surface area contributed by atoms with Crippen molar-refractivity contribution < 1.29 is 8.42 Å². The van der Waals surface area contributed by atoms with Crippen LogP contribution in [-0.2, 0) is 10.0 Å². The van der Waals surface area contributed by atoms with E-state index in [4.69, 9.17) is 5.73 Å². The fourth-order valence-electron chi connectivity index (χ4n) is 1.64. The van der Waals surface area contributed by atoms with Gasteiger partial charge in [0.05, 0.1) is 10.2 Å². The molecule has 20 heavy (non-hydrogen) atoms. The Morgan fingerprint density at radius 3 is 2.65 bits per heavy atom. The second kappa shape index (κ2) is 4.73. The van der Waals surface area contributed by atoms with E-state index in [9.17, 15) is 8.42 Å². The molecule has 0 saturated heterocycles. The SMILES string of the molecule is Nc1ccc(S(=O)(=O)Nc2nc3ccccc3s2)cn1. The van der Waals surface area contributed by atoms with Gasteiger partial charge in [0.15, 0.2) is 5.13 Å². The van der Waals surface area contributed by atoms with Gasteiger partial charge in [0.1, 0.15) is 10.7 Å². The number of nitrogens with zero attached hydrogens (tertiary/aromatic N) is 2. The van der Waals surface area contributed by atoms with Crippen molar-refractivity contribution in [1.82, 2.24) is 9.97 Å². The van der Waals surface area contributed by atoms with Gasteiger partial charge in [-0.1, -0.05) is 23.5 Å². The van der Waals surface area contributed by atoms with E-state index in [1.54, 1.807) is 0 Å². The van der Waals surface area contributed by atoms with Crippen molar-refractivity contribution in [2.75, 3.05) is 10.5 Å². The Kier molecular flexibility index (Phi) is 3.03. The van der Waals surface area contributed by atoms with Crippen LogP contribution in [0.3, 0.4) is 0 Å². The molecule has 2 heterocycles. The van der Waals surface area contributed by atoms with Crippen molar-refractivity contribution in [3.63, 3.8) is 0 Å². The van der Waals surface area contributed by atoms with Crippen LogP contribution in [0.4, 0.5) is 10.9 Å². The van der Waals surface area contributed by atoms with Gasteiger partial charge >= 0.3 is 0 Å². The molecule has 0 amide bonds. The lowest BCUT2D eigenvalue weighted by atomic mass is 10.3. The van der Waals surface area contributed by atoms with E-state index in [2.05, 4.69) is 14.7 Å². The molecule has 1 aromatic carbocycles. The summed E-state index contributed by atoms with van der Waals surface area (Å²) in [6.07, 6.45) is 1.21. The number of rotatable bonds is 3. The minimum absolute atomic E-state index is 0.0472. The number of hydrogen-bond acceptors (Lipinski definition) is 6. The Morgan fingerprint density at radius 2 is 1.95 bits per heavy atom. The zero-order valence-corrected chi connectivity index (χ0v) is 11.8. The largest absolute Gasteiger partial charge is 0.384 e. The second-order valence-corrected chi connectivity index (χ2v) is 6.72. The molecular weight excluding hydrogens is 296 g/mol. The third-order valence-corrected chi connectivity index (χ3v) is 4.99. The molecule has 0 bridgehead atoms. The summed E-state index contributed by atoms with van der Waals surface area (Å²) >= 11 is 1.28. The number of fused-ring (bicyclic) bond motifs is 1. The molecule has 3 N–H and O–H groups in total. The second-order valence-electron chi connectivity index (χ2n) is 4.01. The van der Waals surface area contributed by atoms with Crippen LogP contribution >= 0.6 is 11.3 Å². The summed E-state index contributed by atoms with van der Waals surface area (Å²) < 4.78 is 27.7. The highest BCUT2D eigenvalue weighted by Gasteiger charge is 2.16. The number of benzene rings is 1. The van der Waals surface area contributed by atoms with Crippen LogP contribution in [0.1, 0.15) is 0 Å². The van der Waals surface area contributed by atoms with Gasteiger partial charge in [-0.3, -0.25) is 4.72 Å². The van der Waals surface area contributed by atoms with Crippen molar-refractivity contribution in [2.45, 2.75) is 4.90 Å². The van der Waals surface area contributed by atoms with E-state index in [-0.39, 0.29) is 10.7 Å². The molecule has 3 aromatic rings. The molecule has 0 aliphatic heterocycles. The number of thiazole rings is 1. The predicted molar refractivity (Wildman–Crippen MR) is 79.1 cm³/mol. The molecule has 0 radical (unpaired) electrons. The van der Waals surface area contributed by atoms with Crippen LogP contribution in [0.15, 0.2) is 47.5 Å². The number of sulfonamides is 1. The lowest BCUT2D eigenvalue weighted by molar-refractivity contribution is 0.601. The van der Waals surface area contributed by atoms with Gasteiger partial charge in [-0.05, 0) is 24.3 Å². The first kappa shape index (κ1) is 12.8. The molecule has 0 saturated carbocycles. The van der Waals surface area contributed by atoms with Gasteiger partial charge in [-0.25, -0.2) is 18.4 Å². The van der Waals surface area contributed by atoms with E-state index < -0.39 is 10.0 Å². The standard InChI is InChI=1S/C12H10N4O2S2/c13-11-6-5-8(7-14-11)20(17,18)16-12-15-9-3-1-2-4-10(9)19-12/h1-7H,(H2,13,14)(H,15,16). The van der Waals surface area contributed by atoms with Crippen LogP contribution in [-0.4, -0.2) is 18.4 Å². The first-order valence-corrected chi connectivity index (χ1v) is 7.94. The molecule has 0 aliphatic rings. The van der Waals surface area contributed by atoms with E-state index in [0.29, 0.717) is 5.13 Å². The summed E-state index contributed by atoms with van der Waals surface area (Å²) in [5.41, 5.74) is 6.19. The maximum atomic E-state index is 12.2. The first-order chi connectivity index (χ1) is 9.54. The van der Waals surface area contributed by atoms with Crippen LogP contribution < -0.4 is 10.5 Å². The zero-order valence-electron chi connectivity index (χ0n) is 10.1. The van der Waals surface area contributed by atoms with Crippen LogP contribution in [0.25, 0.3) is 10.2 Å². The summed E-state index contributed by atoms with van der Waals surface area (Å²) in [5.74, 6) is 0.268. The molecule has 102 valence electrons. The van der Waals surface area contributed by atoms with Crippen molar-refractivity contribution in [3.05, 3.63) is 42.6 Å². The fourth-order valence-corrected chi connectivity index (χ4v) is 3.69. The van der Waals surface area contributed by atoms with Crippen molar-refractivity contribution in [3.8, 4) is 0 Å². The zero-order chi connectivity index (χ0) is 14.2. The summed E-state index contributed by atoms with van der Waals surface area (Å²) in [7, 11) is -3.70.